The van der Waals surface area contributed by atoms with Crippen LogP contribution in [0.2, 0.25) is 0 Å². The van der Waals surface area contributed by atoms with Gasteiger partial charge in [0.25, 0.3) is 5.56 Å². The molecular weight excluding hydrogens is 192 g/mol. The van der Waals surface area contributed by atoms with Crippen LogP contribution in [0.1, 0.15) is 43.1 Å². The number of hydrogen-bond donors (Lipinski definition) is 1. The summed E-state index contributed by atoms with van der Waals surface area (Å²) in [5.74, 6) is 1.28. The van der Waals surface area contributed by atoms with Gasteiger partial charge in [-0.05, 0) is 12.8 Å². The van der Waals surface area contributed by atoms with Gasteiger partial charge in [0, 0.05) is 19.1 Å². The summed E-state index contributed by atoms with van der Waals surface area (Å²) in [6, 6.07) is 1.50. The third kappa shape index (κ3) is 2.45. The molecule has 1 aromatic rings. The maximum Gasteiger partial charge on any atom is 0.251 e. The van der Waals surface area contributed by atoms with Gasteiger partial charge >= 0.3 is 0 Å². The molecule has 15 heavy (non-hydrogen) atoms. The Morgan fingerprint density at radius 2 is 2.27 bits per heavy atom. The quantitative estimate of drug-likeness (QED) is 0.820. The molecule has 2 rings (SSSR count). The van der Waals surface area contributed by atoms with Crippen molar-refractivity contribution < 1.29 is 4.74 Å². The second-order valence-corrected chi connectivity index (χ2v) is 4.04. The van der Waals surface area contributed by atoms with Crippen molar-refractivity contribution in [1.29, 1.82) is 0 Å². The zero-order chi connectivity index (χ0) is 10.7. The van der Waals surface area contributed by atoms with E-state index < -0.39 is 0 Å². The first-order chi connectivity index (χ1) is 7.29. The number of rotatable bonds is 3. The number of H-pyrrole nitrogens is 1. The molecule has 0 amide bonds. The van der Waals surface area contributed by atoms with Crippen LogP contribution in [0.5, 0.6) is 0 Å². The van der Waals surface area contributed by atoms with E-state index in [-0.39, 0.29) is 5.56 Å². The Labute approximate surface area is 88.7 Å². The molecule has 0 aromatic carbocycles. The third-order valence-electron chi connectivity index (χ3n) is 2.85. The molecule has 4 nitrogen and oxygen atoms in total. The van der Waals surface area contributed by atoms with Crippen molar-refractivity contribution in [2.75, 3.05) is 7.11 Å². The van der Waals surface area contributed by atoms with E-state index in [1.807, 2.05) is 0 Å². The van der Waals surface area contributed by atoms with Crippen molar-refractivity contribution in [3.8, 4) is 0 Å². The van der Waals surface area contributed by atoms with E-state index in [1.165, 1.54) is 18.9 Å². The maximum absolute atomic E-state index is 11.4. The third-order valence-corrected chi connectivity index (χ3v) is 2.85. The van der Waals surface area contributed by atoms with Gasteiger partial charge < -0.3 is 9.72 Å². The molecule has 0 spiro atoms. The number of aromatic amines is 1. The van der Waals surface area contributed by atoms with Gasteiger partial charge in [0.1, 0.15) is 5.82 Å². The topological polar surface area (TPSA) is 55.0 Å². The lowest BCUT2D eigenvalue weighted by Gasteiger charge is -2.09. The minimum atomic E-state index is -0.0704. The molecule has 0 saturated heterocycles. The number of nitrogens with one attached hydrogen (secondary N) is 1. The van der Waals surface area contributed by atoms with Gasteiger partial charge in [-0.25, -0.2) is 4.98 Å². The Bertz CT molecular complexity index is 380. The average Bonchev–Trinajstić information content (AvgIpc) is 2.70. The van der Waals surface area contributed by atoms with Crippen molar-refractivity contribution >= 4 is 0 Å². The van der Waals surface area contributed by atoms with E-state index in [0.717, 1.165) is 24.4 Å². The van der Waals surface area contributed by atoms with Gasteiger partial charge in [-0.15, -0.1) is 0 Å². The fourth-order valence-corrected chi connectivity index (χ4v) is 2.14. The minimum Gasteiger partial charge on any atom is -0.378 e. The van der Waals surface area contributed by atoms with Crippen molar-refractivity contribution in [2.24, 2.45) is 0 Å². The summed E-state index contributed by atoms with van der Waals surface area (Å²) < 4.78 is 4.99. The van der Waals surface area contributed by atoms with Gasteiger partial charge in [0.05, 0.1) is 12.3 Å². The Hall–Kier alpha value is -1.16. The van der Waals surface area contributed by atoms with Gasteiger partial charge in [-0.1, -0.05) is 12.8 Å². The molecule has 0 radical (unpaired) electrons. The van der Waals surface area contributed by atoms with Crippen molar-refractivity contribution in [3.05, 3.63) is 27.9 Å². The molecule has 1 aliphatic carbocycles. The number of nitrogens with zero attached hydrogens (tertiary/aromatic N) is 1. The zero-order valence-electron chi connectivity index (χ0n) is 8.95. The highest BCUT2D eigenvalue weighted by molar-refractivity contribution is 5.06. The normalized spacial score (nSPS) is 17.1. The summed E-state index contributed by atoms with van der Waals surface area (Å²) in [6.45, 7) is 0.406. The highest BCUT2D eigenvalue weighted by atomic mass is 16.5. The molecule has 0 atom stereocenters. The van der Waals surface area contributed by atoms with E-state index >= 15 is 0 Å². The van der Waals surface area contributed by atoms with Crippen LogP contribution in [0.3, 0.4) is 0 Å². The van der Waals surface area contributed by atoms with Gasteiger partial charge in [0.2, 0.25) is 0 Å². The minimum absolute atomic E-state index is 0.0704. The van der Waals surface area contributed by atoms with Crippen molar-refractivity contribution in [2.45, 2.75) is 38.2 Å². The van der Waals surface area contributed by atoms with Gasteiger partial charge in [-0.3, -0.25) is 4.79 Å². The maximum atomic E-state index is 11.4. The van der Waals surface area contributed by atoms with Crippen LogP contribution in [0.25, 0.3) is 0 Å². The molecule has 4 heteroatoms. The van der Waals surface area contributed by atoms with E-state index in [0.29, 0.717) is 12.5 Å². The molecular formula is C11H16N2O2. The molecule has 1 fully saturated rings. The summed E-state index contributed by atoms with van der Waals surface area (Å²) in [6.07, 6.45) is 4.75. The Balaban J connectivity index is 2.26. The molecule has 1 aliphatic rings. The highest BCUT2D eigenvalue weighted by Gasteiger charge is 2.19. The van der Waals surface area contributed by atoms with Crippen LogP contribution >= 0.6 is 0 Å². The average molecular weight is 208 g/mol. The highest BCUT2D eigenvalue weighted by Crippen LogP contribution is 2.31. The molecule has 1 N–H and O–H groups in total. The van der Waals surface area contributed by atoms with E-state index in [1.54, 1.807) is 7.11 Å². The van der Waals surface area contributed by atoms with Crippen LogP contribution in [0.15, 0.2) is 10.9 Å². The van der Waals surface area contributed by atoms with E-state index in [4.69, 9.17) is 4.74 Å². The predicted molar refractivity (Wildman–Crippen MR) is 56.8 cm³/mol. The van der Waals surface area contributed by atoms with Gasteiger partial charge in [0.15, 0.2) is 0 Å². The molecule has 0 bridgehead atoms. The SMILES string of the molecule is COCc1cc(=O)[nH]c(C2CCCC2)n1. The smallest absolute Gasteiger partial charge is 0.251 e. The molecule has 82 valence electrons. The summed E-state index contributed by atoms with van der Waals surface area (Å²) in [5, 5.41) is 0. The first-order valence-corrected chi connectivity index (χ1v) is 5.38. The van der Waals surface area contributed by atoms with Crippen LogP contribution in [-0.2, 0) is 11.3 Å². The first kappa shape index (κ1) is 10.4. The van der Waals surface area contributed by atoms with Crippen molar-refractivity contribution in [3.63, 3.8) is 0 Å². The number of ether oxygens (including phenoxy) is 1. The largest absolute Gasteiger partial charge is 0.378 e. The van der Waals surface area contributed by atoms with Crippen molar-refractivity contribution in [1.82, 2.24) is 9.97 Å². The molecule has 1 aromatic heterocycles. The molecule has 1 heterocycles. The second-order valence-electron chi connectivity index (χ2n) is 4.04. The van der Waals surface area contributed by atoms with Crippen LogP contribution in [-0.4, -0.2) is 17.1 Å². The fraction of sp³-hybridized carbons (Fsp3) is 0.636. The number of methoxy groups -OCH3 is 1. The zero-order valence-corrected chi connectivity index (χ0v) is 8.95. The lowest BCUT2D eigenvalue weighted by Crippen LogP contribution is -2.15. The van der Waals surface area contributed by atoms with E-state index in [2.05, 4.69) is 9.97 Å². The summed E-state index contributed by atoms with van der Waals surface area (Å²) >= 11 is 0. The Kier molecular flexibility index (Phi) is 3.16. The van der Waals surface area contributed by atoms with E-state index in [9.17, 15) is 4.79 Å². The fourth-order valence-electron chi connectivity index (χ4n) is 2.14. The summed E-state index contributed by atoms with van der Waals surface area (Å²) in [7, 11) is 1.61. The number of hydrogen-bond acceptors (Lipinski definition) is 3. The number of aromatic nitrogens is 2. The summed E-state index contributed by atoms with van der Waals surface area (Å²) in [5.41, 5.74) is 0.655. The predicted octanol–water partition coefficient (Wildman–Crippen LogP) is 1.57. The molecule has 1 saturated carbocycles. The van der Waals surface area contributed by atoms with Gasteiger partial charge in [-0.2, -0.15) is 0 Å². The Morgan fingerprint density at radius 3 is 2.93 bits per heavy atom. The lowest BCUT2D eigenvalue weighted by molar-refractivity contribution is 0.181. The molecule has 0 unspecified atom stereocenters. The monoisotopic (exact) mass is 208 g/mol. The van der Waals surface area contributed by atoms with Crippen LogP contribution < -0.4 is 5.56 Å². The summed E-state index contributed by atoms with van der Waals surface area (Å²) in [4.78, 5) is 18.6. The molecule has 0 aliphatic heterocycles. The standard InChI is InChI=1S/C11H16N2O2/c1-15-7-9-6-10(14)13-11(12-9)8-4-2-3-5-8/h6,8H,2-5,7H2,1H3,(H,12,13,14). The lowest BCUT2D eigenvalue weighted by atomic mass is 10.1. The Morgan fingerprint density at radius 1 is 1.53 bits per heavy atom. The van der Waals surface area contributed by atoms with Crippen LogP contribution in [0.4, 0.5) is 0 Å². The first-order valence-electron chi connectivity index (χ1n) is 5.38. The second kappa shape index (κ2) is 4.57. The van der Waals surface area contributed by atoms with Crippen LogP contribution in [0, 0.1) is 0 Å².